The highest BCUT2D eigenvalue weighted by molar-refractivity contribution is 5.73. The highest BCUT2D eigenvalue weighted by Crippen LogP contribution is 2.25. The van der Waals surface area contributed by atoms with Crippen LogP contribution in [0, 0.1) is 13.8 Å². The number of hydrogen-bond donors (Lipinski definition) is 0. The highest BCUT2D eigenvalue weighted by Gasteiger charge is 2.12. The van der Waals surface area contributed by atoms with Crippen molar-refractivity contribution in [2.45, 2.75) is 26.9 Å². The minimum atomic E-state index is -0.257. The Kier molecular flexibility index (Phi) is 5.63. The molecule has 0 aliphatic rings. The van der Waals surface area contributed by atoms with Crippen LogP contribution in [0.3, 0.4) is 0 Å². The van der Waals surface area contributed by atoms with Gasteiger partial charge in [-0.2, -0.15) is 0 Å². The first-order valence-corrected chi connectivity index (χ1v) is 7.46. The summed E-state index contributed by atoms with van der Waals surface area (Å²) in [5.41, 5.74) is 4.00. The smallest absolute Gasteiger partial charge is 0.310 e. The second-order valence-corrected chi connectivity index (χ2v) is 5.39. The summed E-state index contributed by atoms with van der Waals surface area (Å²) in [6.07, 6.45) is 0.269. The molecule has 0 unspecified atom stereocenters. The molecule has 122 valence electrons. The fraction of sp³-hybridized carbons (Fsp3) is 0.316. The minimum Gasteiger partial charge on any atom is -0.497 e. The highest BCUT2D eigenvalue weighted by atomic mass is 16.5. The standard InChI is InChI=1S/C19H22O4/c1-13-6-5-7-14(2)17(13)11-19(20)23-12-15-10-16(21-3)8-9-18(15)22-4/h5-10H,11-12H2,1-4H3. The van der Waals surface area contributed by atoms with Gasteiger partial charge in [0.1, 0.15) is 18.1 Å². The third-order valence-electron chi connectivity index (χ3n) is 3.84. The van der Waals surface area contributed by atoms with Crippen molar-refractivity contribution in [3.8, 4) is 11.5 Å². The fourth-order valence-electron chi connectivity index (χ4n) is 2.48. The van der Waals surface area contributed by atoms with Crippen molar-refractivity contribution >= 4 is 5.97 Å². The molecule has 0 aliphatic carbocycles. The molecule has 0 heterocycles. The van der Waals surface area contributed by atoms with Crippen molar-refractivity contribution in [2.24, 2.45) is 0 Å². The van der Waals surface area contributed by atoms with Gasteiger partial charge in [-0.15, -0.1) is 0 Å². The number of hydrogen-bond acceptors (Lipinski definition) is 4. The molecule has 0 radical (unpaired) electrons. The number of rotatable bonds is 6. The number of ether oxygens (including phenoxy) is 3. The first-order chi connectivity index (χ1) is 11.0. The van der Waals surface area contributed by atoms with E-state index in [9.17, 15) is 4.79 Å². The molecule has 0 aromatic heterocycles. The van der Waals surface area contributed by atoms with Crippen LogP contribution in [0.2, 0.25) is 0 Å². The average Bonchev–Trinajstić information content (AvgIpc) is 2.56. The van der Waals surface area contributed by atoms with E-state index in [2.05, 4.69) is 0 Å². The Morgan fingerprint density at radius 3 is 2.30 bits per heavy atom. The number of esters is 1. The second kappa shape index (κ2) is 7.68. The van der Waals surface area contributed by atoms with Crippen LogP contribution < -0.4 is 9.47 Å². The van der Waals surface area contributed by atoms with Gasteiger partial charge < -0.3 is 14.2 Å². The van der Waals surface area contributed by atoms with Gasteiger partial charge in [0.25, 0.3) is 0 Å². The van der Waals surface area contributed by atoms with Crippen molar-refractivity contribution in [2.75, 3.05) is 14.2 Å². The van der Waals surface area contributed by atoms with E-state index in [4.69, 9.17) is 14.2 Å². The van der Waals surface area contributed by atoms with Gasteiger partial charge in [-0.25, -0.2) is 0 Å². The number of benzene rings is 2. The summed E-state index contributed by atoms with van der Waals surface area (Å²) in [5.74, 6) is 1.12. The lowest BCUT2D eigenvalue weighted by atomic mass is 10.0. The summed E-state index contributed by atoms with van der Waals surface area (Å²) in [4.78, 5) is 12.2. The molecule has 0 saturated carbocycles. The molecule has 0 atom stereocenters. The average molecular weight is 314 g/mol. The molecule has 0 aliphatic heterocycles. The Bertz CT molecular complexity index is 672. The Balaban J connectivity index is 2.05. The van der Waals surface area contributed by atoms with Crippen molar-refractivity contribution in [1.82, 2.24) is 0 Å². The zero-order chi connectivity index (χ0) is 16.8. The maximum Gasteiger partial charge on any atom is 0.310 e. The van der Waals surface area contributed by atoms with E-state index in [1.54, 1.807) is 26.4 Å². The summed E-state index contributed by atoms with van der Waals surface area (Å²) in [6.45, 7) is 4.16. The third-order valence-corrected chi connectivity index (χ3v) is 3.84. The van der Waals surface area contributed by atoms with Gasteiger partial charge in [0.2, 0.25) is 0 Å². The first kappa shape index (κ1) is 16.9. The van der Waals surface area contributed by atoms with Gasteiger partial charge in [-0.1, -0.05) is 18.2 Å². The van der Waals surface area contributed by atoms with Crippen molar-refractivity contribution in [3.63, 3.8) is 0 Å². The topological polar surface area (TPSA) is 44.8 Å². The predicted octanol–water partition coefficient (Wildman–Crippen LogP) is 3.61. The molecule has 4 nitrogen and oxygen atoms in total. The van der Waals surface area contributed by atoms with Gasteiger partial charge in [0, 0.05) is 5.56 Å². The van der Waals surface area contributed by atoms with Gasteiger partial charge >= 0.3 is 5.97 Å². The number of aryl methyl sites for hydroxylation is 2. The molecule has 0 bridgehead atoms. The lowest BCUT2D eigenvalue weighted by Gasteiger charge is -2.12. The molecule has 2 aromatic carbocycles. The van der Waals surface area contributed by atoms with Crippen LogP contribution in [0.15, 0.2) is 36.4 Å². The Morgan fingerprint density at radius 1 is 1.00 bits per heavy atom. The van der Waals surface area contributed by atoms with Crippen LogP contribution in [0.25, 0.3) is 0 Å². The van der Waals surface area contributed by atoms with E-state index >= 15 is 0 Å². The molecule has 0 amide bonds. The van der Waals surface area contributed by atoms with Gasteiger partial charge in [-0.05, 0) is 48.7 Å². The maximum atomic E-state index is 12.2. The summed E-state index contributed by atoms with van der Waals surface area (Å²) >= 11 is 0. The molecular weight excluding hydrogens is 292 g/mol. The van der Waals surface area contributed by atoms with E-state index in [0.717, 1.165) is 22.3 Å². The summed E-state index contributed by atoms with van der Waals surface area (Å²) in [7, 11) is 3.18. The molecule has 0 spiro atoms. The van der Waals surface area contributed by atoms with Crippen LogP contribution in [0.4, 0.5) is 0 Å². The molecule has 4 heteroatoms. The van der Waals surface area contributed by atoms with E-state index in [1.807, 2.05) is 38.1 Å². The van der Waals surface area contributed by atoms with Gasteiger partial charge in [-0.3, -0.25) is 4.79 Å². The Hall–Kier alpha value is -2.49. The van der Waals surface area contributed by atoms with Crippen LogP contribution in [-0.2, 0) is 22.6 Å². The largest absolute Gasteiger partial charge is 0.497 e. The summed E-state index contributed by atoms with van der Waals surface area (Å²) in [6, 6.07) is 11.4. The van der Waals surface area contributed by atoms with E-state index < -0.39 is 0 Å². The van der Waals surface area contributed by atoms with E-state index in [1.165, 1.54) is 0 Å². The Labute approximate surface area is 137 Å². The lowest BCUT2D eigenvalue weighted by Crippen LogP contribution is -2.10. The molecule has 0 N–H and O–H groups in total. The number of carbonyl (C=O) groups is 1. The second-order valence-electron chi connectivity index (χ2n) is 5.39. The number of carbonyl (C=O) groups excluding carboxylic acids is 1. The zero-order valence-corrected chi connectivity index (χ0v) is 14.0. The fourth-order valence-corrected chi connectivity index (χ4v) is 2.48. The molecule has 0 fully saturated rings. The van der Waals surface area contributed by atoms with Crippen molar-refractivity contribution < 1.29 is 19.0 Å². The van der Waals surface area contributed by atoms with Crippen molar-refractivity contribution in [1.29, 1.82) is 0 Å². The summed E-state index contributed by atoms with van der Waals surface area (Å²) < 4.78 is 15.9. The van der Waals surface area contributed by atoms with Crippen LogP contribution in [0.1, 0.15) is 22.3 Å². The predicted molar refractivity (Wildman–Crippen MR) is 89.0 cm³/mol. The zero-order valence-electron chi connectivity index (χ0n) is 14.0. The SMILES string of the molecule is COc1ccc(OC)c(COC(=O)Cc2c(C)cccc2C)c1. The first-order valence-electron chi connectivity index (χ1n) is 7.46. The monoisotopic (exact) mass is 314 g/mol. The van der Waals surface area contributed by atoms with Gasteiger partial charge in [0.15, 0.2) is 0 Å². The number of methoxy groups -OCH3 is 2. The molecule has 0 saturated heterocycles. The van der Waals surface area contributed by atoms with Crippen LogP contribution >= 0.6 is 0 Å². The molecule has 2 aromatic rings. The van der Waals surface area contributed by atoms with Crippen LogP contribution in [-0.4, -0.2) is 20.2 Å². The minimum absolute atomic E-state index is 0.157. The normalized spacial score (nSPS) is 10.3. The van der Waals surface area contributed by atoms with Gasteiger partial charge in [0.05, 0.1) is 20.6 Å². The molecule has 23 heavy (non-hydrogen) atoms. The van der Waals surface area contributed by atoms with E-state index in [-0.39, 0.29) is 19.0 Å². The summed E-state index contributed by atoms with van der Waals surface area (Å²) in [5, 5.41) is 0. The quantitative estimate of drug-likeness (QED) is 0.764. The van der Waals surface area contributed by atoms with E-state index in [0.29, 0.717) is 11.5 Å². The molecule has 2 rings (SSSR count). The molecular formula is C19H22O4. The lowest BCUT2D eigenvalue weighted by molar-refractivity contribution is -0.144. The van der Waals surface area contributed by atoms with Crippen LogP contribution in [0.5, 0.6) is 11.5 Å². The maximum absolute atomic E-state index is 12.2. The Morgan fingerprint density at radius 2 is 1.70 bits per heavy atom. The van der Waals surface area contributed by atoms with Crippen molar-refractivity contribution in [3.05, 3.63) is 58.7 Å². The third kappa shape index (κ3) is 4.25.